The summed E-state index contributed by atoms with van der Waals surface area (Å²) in [6.45, 7) is 2.15. The van der Waals surface area contributed by atoms with Gasteiger partial charge < -0.3 is 10.0 Å². The average molecular weight is 314 g/mol. The number of aliphatic hydroxyl groups is 1. The highest BCUT2D eigenvalue weighted by atomic mass is 16.3. The number of amides is 1. The van der Waals surface area contributed by atoms with Crippen LogP contribution in [-0.2, 0) is 17.8 Å². The highest BCUT2D eigenvalue weighted by Gasteiger charge is 2.28. The SMILES string of the molecule is O=C([C@@H](O)Cc1ccccc1)N1CCCC(Cn2cncn2)C1. The van der Waals surface area contributed by atoms with E-state index in [1.54, 1.807) is 15.9 Å². The molecule has 3 rings (SSSR count). The first kappa shape index (κ1) is 15.7. The molecule has 1 saturated heterocycles. The molecule has 1 aromatic carbocycles. The lowest BCUT2D eigenvalue weighted by molar-refractivity contribution is -0.142. The van der Waals surface area contributed by atoms with Crippen LogP contribution in [0.2, 0.25) is 0 Å². The second-order valence-electron chi connectivity index (χ2n) is 6.12. The molecule has 0 radical (unpaired) electrons. The molecule has 122 valence electrons. The Hall–Kier alpha value is -2.21. The van der Waals surface area contributed by atoms with Crippen molar-refractivity contribution in [2.45, 2.75) is 31.9 Å². The molecule has 2 atom stereocenters. The summed E-state index contributed by atoms with van der Waals surface area (Å²) in [5.74, 6) is 0.190. The molecule has 0 bridgehead atoms. The molecule has 2 heterocycles. The zero-order chi connectivity index (χ0) is 16.1. The fourth-order valence-electron chi connectivity index (χ4n) is 3.14. The van der Waals surface area contributed by atoms with Crippen molar-refractivity contribution >= 4 is 5.91 Å². The molecule has 0 saturated carbocycles. The van der Waals surface area contributed by atoms with Crippen LogP contribution in [0.25, 0.3) is 0 Å². The van der Waals surface area contributed by atoms with Gasteiger partial charge in [0.1, 0.15) is 18.8 Å². The first-order chi connectivity index (χ1) is 11.2. The Balaban J connectivity index is 1.56. The zero-order valence-electron chi connectivity index (χ0n) is 13.1. The van der Waals surface area contributed by atoms with Crippen LogP contribution < -0.4 is 0 Å². The lowest BCUT2D eigenvalue weighted by Crippen LogP contribution is -2.46. The van der Waals surface area contributed by atoms with E-state index in [1.807, 2.05) is 30.3 Å². The number of likely N-dealkylation sites (tertiary alicyclic amines) is 1. The van der Waals surface area contributed by atoms with Crippen molar-refractivity contribution in [2.24, 2.45) is 5.92 Å². The molecule has 1 unspecified atom stereocenters. The van der Waals surface area contributed by atoms with E-state index in [4.69, 9.17) is 0 Å². The summed E-state index contributed by atoms with van der Waals surface area (Å²) in [6.07, 6.45) is 4.65. The topological polar surface area (TPSA) is 71.2 Å². The molecule has 0 spiro atoms. The first-order valence-corrected chi connectivity index (χ1v) is 8.05. The summed E-state index contributed by atoms with van der Waals surface area (Å²) in [6, 6.07) is 9.63. The minimum absolute atomic E-state index is 0.169. The van der Waals surface area contributed by atoms with Crippen molar-refractivity contribution in [3.8, 4) is 0 Å². The van der Waals surface area contributed by atoms with Gasteiger partial charge in [0.2, 0.25) is 0 Å². The van der Waals surface area contributed by atoms with Gasteiger partial charge in [-0.15, -0.1) is 0 Å². The van der Waals surface area contributed by atoms with Crippen LogP contribution in [0.1, 0.15) is 18.4 Å². The van der Waals surface area contributed by atoms with E-state index in [9.17, 15) is 9.90 Å². The molecule has 1 aliphatic rings. The molecule has 1 amide bonds. The van der Waals surface area contributed by atoms with Crippen LogP contribution in [0.15, 0.2) is 43.0 Å². The van der Waals surface area contributed by atoms with E-state index >= 15 is 0 Å². The Labute approximate surface area is 135 Å². The van der Waals surface area contributed by atoms with Gasteiger partial charge in [-0.05, 0) is 24.3 Å². The number of hydrogen-bond acceptors (Lipinski definition) is 4. The van der Waals surface area contributed by atoms with Crippen LogP contribution in [0.4, 0.5) is 0 Å². The predicted octanol–water partition coefficient (Wildman–Crippen LogP) is 1.12. The van der Waals surface area contributed by atoms with Crippen molar-refractivity contribution < 1.29 is 9.90 Å². The van der Waals surface area contributed by atoms with Crippen LogP contribution >= 0.6 is 0 Å². The fraction of sp³-hybridized carbons (Fsp3) is 0.471. The Morgan fingerprint density at radius 1 is 1.35 bits per heavy atom. The first-order valence-electron chi connectivity index (χ1n) is 8.05. The van der Waals surface area contributed by atoms with E-state index < -0.39 is 6.10 Å². The van der Waals surface area contributed by atoms with E-state index in [2.05, 4.69) is 10.1 Å². The van der Waals surface area contributed by atoms with E-state index in [0.29, 0.717) is 18.9 Å². The number of carbonyl (C=O) groups excluding carboxylic acids is 1. The second-order valence-corrected chi connectivity index (χ2v) is 6.12. The van der Waals surface area contributed by atoms with Gasteiger partial charge in [-0.3, -0.25) is 9.48 Å². The molecule has 1 aliphatic heterocycles. The highest BCUT2D eigenvalue weighted by Crippen LogP contribution is 2.19. The Morgan fingerprint density at radius 2 is 2.17 bits per heavy atom. The molecule has 2 aromatic rings. The number of piperidine rings is 1. The third-order valence-electron chi connectivity index (χ3n) is 4.30. The number of hydrogen-bond donors (Lipinski definition) is 1. The largest absolute Gasteiger partial charge is 0.383 e. The third kappa shape index (κ3) is 4.16. The van der Waals surface area contributed by atoms with Gasteiger partial charge in [-0.25, -0.2) is 4.98 Å². The zero-order valence-corrected chi connectivity index (χ0v) is 13.1. The Bertz CT molecular complexity index is 615. The lowest BCUT2D eigenvalue weighted by atomic mass is 9.97. The standard InChI is InChI=1S/C17H22N4O2/c22-16(9-14-5-2-1-3-6-14)17(23)20-8-4-7-15(10-20)11-21-13-18-12-19-21/h1-3,5-6,12-13,15-16,22H,4,7-11H2/t15?,16-/m0/s1. The minimum Gasteiger partial charge on any atom is -0.383 e. The monoisotopic (exact) mass is 314 g/mol. The van der Waals surface area contributed by atoms with Gasteiger partial charge in [-0.1, -0.05) is 30.3 Å². The van der Waals surface area contributed by atoms with Crippen molar-refractivity contribution in [2.75, 3.05) is 13.1 Å². The molecule has 1 N–H and O–H groups in total. The van der Waals surface area contributed by atoms with Gasteiger partial charge in [-0.2, -0.15) is 5.10 Å². The molecule has 6 heteroatoms. The summed E-state index contributed by atoms with van der Waals surface area (Å²) >= 11 is 0. The average Bonchev–Trinajstić information content (AvgIpc) is 3.08. The number of carbonyl (C=O) groups is 1. The number of aliphatic hydroxyl groups excluding tert-OH is 1. The number of aromatic nitrogens is 3. The number of benzene rings is 1. The molecule has 1 fully saturated rings. The predicted molar refractivity (Wildman–Crippen MR) is 85.5 cm³/mol. The maximum absolute atomic E-state index is 12.5. The molecule has 0 aliphatic carbocycles. The molecular weight excluding hydrogens is 292 g/mol. The normalized spacial score (nSPS) is 19.5. The smallest absolute Gasteiger partial charge is 0.251 e. The summed E-state index contributed by atoms with van der Waals surface area (Å²) in [7, 11) is 0. The minimum atomic E-state index is -0.970. The summed E-state index contributed by atoms with van der Waals surface area (Å²) in [5, 5.41) is 14.4. The van der Waals surface area contributed by atoms with Gasteiger partial charge in [0.15, 0.2) is 0 Å². The molecule has 1 aromatic heterocycles. The second kappa shape index (κ2) is 7.37. The van der Waals surface area contributed by atoms with Crippen LogP contribution in [0, 0.1) is 5.92 Å². The van der Waals surface area contributed by atoms with E-state index in [1.165, 1.54) is 6.33 Å². The Morgan fingerprint density at radius 3 is 2.91 bits per heavy atom. The van der Waals surface area contributed by atoms with Crippen LogP contribution in [0.5, 0.6) is 0 Å². The van der Waals surface area contributed by atoms with Gasteiger partial charge >= 0.3 is 0 Å². The van der Waals surface area contributed by atoms with Crippen molar-refractivity contribution in [3.05, 3.63) is 48.5 Å². The maximum atomic E-state index is 12.5. The van der Waals surface area contributed by atoms with E-state index in [-0.39, 0.29) is 5.91 Å². The van der Waals surface area contributed by atoms with Gasteiger partial charge in [0.05, 0.1) is 0 Å². The van der Waals surface area contributed by atoms with Crippen molar-refractivity contribution in [1.82, 2.24) is 19.7 Å². The maximum Gasteiger partial charge on any atom is 0.251 e. The van der Waals surface area contributed by atoms with Crippen LogP contribution in [0.3, 0.4) is 0 Å². The Kier molecular flexibility index (Phi) is 5.02. The quantitative estimate of drug-likeness (QED) is 0.898. The summed E-state index contributed by atoms with van der Waals surface area (Å²) in [4.78, 5) is 18.2. The molecule has 23 heavy (non-hydrogen) atoms. The van der Waals surface area contributed by atoms with Crippen molar-refractivity contribution in [1.29, 1.82) is 0 Å². The fourth-order valence-corrected chi connectivity index (χ4v) is 3.14. The summed E-state index contributed by atoms with van der Waals surface area (Å²) < 4.78 is 1.80. The van der Waals surface area contributed by atoms with Gasteiger partial charge in [0, 0.05) is 26.1 Å². The summed E-state index contributed by atoms with van der Waals surface area (Å²) in [5.41, 5.74) is 0.976. The number of rotatable bonds is 5. The third-order valence-corrected chi connectivity index (χ3v) is 4.30. The molecular formula is C17H22N4O2. The van der Waals surface area contributed by atoms with Gasteiger partial charge in [0.25, 0.3) is 5.91 Å². The van der Waals surface area contributed by atoms with Crippen LogP contribution in [-0.4, -0.2) is 49.9 Å². The lowest BCUT2D eigenvalue weighted by Gasteiger charge is -2.34. The van der Waals surface area contributed by atoms with E-state index in [0.717, 1.165) is 31.5 Å². The molecule has 6 nitrogen and oxygen atoms in total. The number of nitrogens with zero attached hydrogens (tertiary/aromatic N) is 4. The highest BCUT2D eigenvalue weighted by molar-refractivity contribution is 5.81. The van der Waals surface area contributed by atoms with Crippen molar-refractivity contribution in [3.63, 3.8) is 0 Å².